The molecular weight excluding hydrogens is 574 g/mol. The average molecular weight is 598 g/mol. The molecule has 0 radical (unpaired) electrons. The number of hydrogen-bond acceptors (Lipinski definition) is 7. The minimum atomic E-state index is -0.658. The van der Waals surface area contributed by atoms with Crippen LogP contribution in [0.25, 0.3) is 0 Å². The number of hydrazine groups is 1. The highest BCUT2D eigenvalue weighted by atomic mass is 35.5. The van der Waals surface area contributed by atoms with Crippen LogP contribution in [0.4, 0.5) is 5.69 Å². The second-order valence-corrected chi connectivity index (χ2v) is 11.7. The lowest BCUT2D eigenvalue weighted by Gasteiger charge is -2.37. The molecule has 3 aromatic carbocycles. The number of rotatable bonds is 8. The number of nitro groups is 1. The molecule has 216 valence electrons. The van der Waals surface area contributed by atoms with Gasteiger partial charge in [0.15, 0.2) is 5.78 Å². The van der Waals surface area contributed by atoms with E-state index in [2.05, 4.69) is 0 Å². The highest BCUT2D eigenvalue weighted by molar-refractivity contribution is 6.30. The van der Waals surface area contributed by atoms with Crippen molar-refractivity contribution in [2.45, 2.75) is 6.42 Å². The van der Waals surface area contributed by atoms with Crippen LogP contribution in [-0.2, 0) is 9.59 Å². The molecule has 3 fully saturated rings. The monoisotopic (exact) mass is 597 g/mol. The van der Waals surface area contributed by atoms with Crippen LogP contribution in [0, 0.1) is 45.6 Å². The maximum absolute atomic E-state index is 13.8. The Balaban J connectivity index is 1.14. The third kappa shape index (κ3) is 4.58. The Hall–Kier alpha value is -4.83. The number of halogens is 1. The lowest BCUT2D eigenvalue weighted by Crippen LogP contribution is -2.52. The average Bonchev–Trinajstić information content (AvgIpc) is 3.79. The lowest BCUT2D eigenvalue weighted by molar-refractivity contribution is -0.384. The van der Waals surface area contributed by atoms with Crippen LogP contribution in [0.1, 0.15) is 27.1 Å². The van der Waals surface area contributed by atoms with E-state index in [9.17, 15) is 29.3 Å². The zero-order valence-corrected chi connectivity index (χ0v) is 23.3. The van der Waals surface area contributed by atoms with Crippen LogP contribution >= 0.6 is 11.6 Å². The number of allylic oxidation sites excluding steroid dienone is 2. The molecule has 43 heavy (non-hydrogen) atoms. The number of carbonyl (C=O) groups excluding carboxylic acids is 4. The van der Waals surface area contributed by atoms with Crippen molar-refractivity contribution in [2.75, 3.05) is 6.54 Å². The molecule has 1 aliphatic heterocycles. The Morgan fingerprint density at radius 2 is 1.35 bits per heavy atom. The number of nitro benzene ring substituents is 1. The molecule has 0 N–H and O–H groups in total. The highest BCUT2D eigenvalue weighted by Gasteiger charge is 2.68. The second-order valence-electron chi connectivity index (χ2n) is 11.3. The highest BCUT2D eigenvalue weighted by Crippen LogP contribution is 2.65. The number of carbonyl (C=O) groups is 4. The number of amides is 3. The summed E-state index contributed by atoms with van der Waals surface area (Å²) in [5, 5.41) is 13.2. The molecule has 1 saturated heterocycles. The summed E-state index contributed by atoms with van der Waals surface area (Å²) in [6.07, 6.45) is 5.10. The summed E-state index contributed by atoms with van der Waals surface area (Å²) in [5.74, 6) is -1.62. The van der Waals surface area contributed by atoms with Gasteiger partial charge in [0.25, 0.3) is 23.4 Å². The first-order valence-corrected chi connectivity index (χ1v) is 14.3. The van der Waals surface area contributed by atoms with Crippen LogP contribution in [0.5, 0.6) is 11.5 Å². The van der Waals surface area contributed by atoms with Gasteiger partial charge < -0.3 is 4.74 Å². The fraction of sp³-hybridized carbons (Fsp3) is 0.250. The van der Waals surface area contributed by atoms with E-state index in [1.165, 1.54) is 60.7 Å². The van der Waals surface area contributed by atoms with Gasteiger partial charge in [-0.2, -0.15) is 5.01 Å². The first-order chi connectivity index (χ1) is 20.7. The molecule has 1 heterocycles. The van der Waals surface area contributed by atoms with E-state index in [4.69, 9.17) is 16.3 Å². The van der Waals surface area contributed by atoms with Crippen molar-refractivity contribution in [3.63, 3.8) is 0 Å². The van der Waals surface area contributed by atoms with Crippen LogP contribution in [0.2, 0.25) is 5.02 Å². The molecule has 6 atom stereocenters. The molecule has 11 heteroatoms. The van der Waals surface area contributed by atoms with Crippen molar-refractivity contribution in [2.24, 2.45) is 35.5 Å². The Bertz CT molecular complexity index is 1670. The second kappa shape index (κ2) is 10.2. The molecule has 0 unspecified atom stereocenters. The Morgan fingerprint density at radius 1 is 0.837 bits per heavy atom. The summed E-state index contributed by atoms with van der Waals surface area (Å²) in [6, 6.07) is 17.7. The summed E-state index contributed by atoms with van der Waals surface area (Å²) >= 11 is 6.01. The minimum Gasteiger partial charge on any atom is -0.457 e. The number of Topliss-reactive ketones (excluding diaryl/α,β-unsaturated/α-hetero) is 1. The summed E-state index contributed by atoms with van der Waals surface area (Å²) in [6.45, 7) is -0.531. The van der Waals surface area contributed by atoms with Crippen molar-refractivity contribution < 1.29 is 28.8 Å². The van der Waals surface area contributed by atoms with Gasteiger partial charge in [-0.15, -0.1) is 0 Å². The number of ether oxygens (including phenoxy) is 1. The fourth-order valence-electron chi connectivity index (χ4n) is 6.86. The van der Waals surface area contributed by atoms with Gasteiger partial charge >= 0.3 is 0 Å². The van der Waals surface area contributed by atoms with Crippen molar-refractivity contribution in [3.05, 3.63) is 111 Å². The van der Waals surface area contributed by atoms with Gasteiger partial charge in [-0.05, 0) is 90.8 Å². The van der Waals surface area contributed by atoms with Gasteiger partial charge in [-0.25, -0.2) is 5.01 Å². The van der Waals surface area contributed by atoms with Crippen molar-refractivity contribution in [1.82, 2.24) is 10.0 Å². The Labute approximate surface area is 250 Å². The summed E-state index contributed by atoms with van der Waals surface area (Å²) < 4.78 is 5.72. The number of imide groups is 1. The van der Waals surface area contributed by atoms with Crippen molar-refractivity contribution in [1.29, 1.82) is 0 Å². The van der Waals surface area contributed by atoms with Crippen LogP contribution < -0.4 is 4.74 Å². The quantitative estimate of drug-likeness (QED) is 0.113. The third-order valence-electron chi connectivity index (χ3n) is 8.96. The number of ketones is 1. The van der Waals surface area contributed by atoms with Crippen LogP contribution in [-0.4, -0.2) is 45.0 Å². The predicted molar refractivity (Wildman–Crippen MR) is 153 cm³/mol. The molecule has 0 spiro atoms. The topological polar surface area (TPSA) is 127 Å². The van der Waals surface area contributed by atoms with Crippen LogP contribution in [0.15, 0.2) is 84.9 Å². The first kappa shape index (κ1) is 27.0. The number of non-ortho nitro benzene ring substituents is 1. The summed E-state index contributed by atoms with van der Waals surface area (Å²) in [4.78, 5) is 65.3. The molecule has 2 bridgehead atoms. The van der Waals surface area contributed by atoms with Crippen molar-refractivity contribution >= 4 is 40.8 Å². The fourth-order valence-corrected chi connectivity index (χ4v) is 6.99. The van der Waals surface area contributed by atoms with Crippen LogP contribution in [0.3, 0.4) is 0 Å². The number of nitrogens with zero attached hydrogens (tertiary/aromatic N) is 3. The standard InChI is InChI=1S/C32H24ClN3O7/c33-19-5-1-18(2-6-19)30(38)34(35-31(39)28-23-13-14-24(26-15-25(23)26)29(28)32(35)40)16-27(37)17-3-9-21(10-4-17)43-22-11-7-20(8-12-22)36(41)42/h1-14,23-26,28-29H,15-16H2/t23-,24-,25-,26-,28-,29+/m0/s1. The van der Waals surface area contributed by atoms with Gasteiger partial charge in [0.1, 0.15) is 18.0 Å². The smallest absolute Gasteiger partial charge is 0.273 e. The summed E-state index contributed by atoms with van der Waals surface area (Å²) in [5.41, 5.74) is 0.355. The SMILES string of the molecule is O=C(CN(C(=O)c1ccc(Cl)cc1)N1C(=O)[C@@H]2[C@H]3C=C[C@@H]([C@@H]4C[C@@H]34)[C@@H]2C1=O)c1ccc(Oc2ccc([N+](=O)[O-])cc2)cc1. The molecule has 10 nitrogen and oxygen atoms in total. The zero-order valence-electron chi connectivity index (χ0n) is 22.5. The van der Waals surface area contributed by atoms with Gasteiger partial charge in [-0.3, -0.25) is 29.3 Å². The third-order valence-corrected chi connectivity index (χ3v) is 9.21. The molecule has 4 aliphatic carbocycles. The van der Waals surface area contributed by atoms with E-state index in [0.717, 1.165) is 16.4 Å². The summed E-state index contributed by atoms with van der Waals surface area (Å²) in [7, 11) is 0. The maximum Gasteiger partial charge on any atom is 0.273 e. The molecular formula is C32H24ClN3O7. The minimum absolute atomic E-state index is 0.0343. The zero-order chi connectivity index (χ0) is 30.0. The van der Waals surface area contributed by atoms with Gasteiger partial charge in [0.05, 0.1) is 16.8 Å². The van der Waals surface area contributed by atoms with E-state index in [-0.39, 0.29) is 28.7 Å². The Morgan fingerprint density at radius 3 is 1.88 bits per heavy atom. The maximum atomic E-state index is 13.8. The largest absolute Gasteiger partial charge is 0.457 e. The van der Waals surface area contributed by atoms with E-state index in [1.54, 1.807) is 12.1 Å². The van der Waals surface area contributed by atoms with E-state index in [0.29, 0.717) is 28.4 Å². The molecule has 3 aromatic rings. The molecule has 8 rings (SSSR count). The predicted octanol–water partition coefficient (Wildman–Crippen LogP) is 5.33. The van der Waals surface area contributed by atoms with Gasteiger partial charge in [-0.1, -0.05) is 23.8 Å². The van der Waals surface area contributed by atoms with E-state index in [1.807, 2.05) is 12.2 Å². The van der Waals surface area contributed by atoms with Gasteiger partial charge in [0, 0.05) is 28.3 Å². The van der Waals surface area contributed by atoms with Crippen molar-refractivity contribution in [3.8, 4) is 11.5 Å². The molecule has 3 amide bonds. The molecule has 2 saturated carbocycles. The number of benzene rings is 3. The lowest BCUT2D eigenvalue weighted by atomic mass is 9.63. The van der Waals surface area contributed by atoms with E-state index < -0.39 is 46.8 Å². The van der Waals surface area contributed by atoms with Gasteiger partial charge in [0.2, 0.25) is 0 Å². The van der Waals surface area contributed by atoms with E-state index >= 15 is 0 Å². The Kier molecular flexibility index (Phi) is 6.39. The first-order valence-electron chi connectivity index (χ1n) is 13.9. The normalized spacial score (nSPS) is 26.1. The number of hydrogen-bond donors (Lipinski definition) is 0. The molecule has 5 aliphatic rings. The molecule has 0 aromatic heterocycles.